The van der Waals surface area contributed by atoms with Crippen molar-refractivity contribution in [2.24, 2.45) is 11.7 Å². The lowest BCUT2D eigenvalue weighted by molar-refractivity contribution is 0.404. The van der Waals surface area contributed by atoms with Crippen LogP contribution in [0.25, 0.3) is 0 Å². The molecule has 15 heavy (non-hydrogen) atoms. The van der Waals surface area contributed by atoms with Gasteiger partial charge in [0.15, 0.2) is 0 Å². The fourth-order valence-electron chi connectivity index (χ4n) is 1.47. The minimum Gasteiger partial charge on any atom is -0.329 e. The summed E-state index contributed by atoms with van der Waals surface area (Å²) < 4.78 is 1.15. The van der Waals surface area contributed by atoms with Crippen molar-refractivity contribution in [1.82, 2.24) is 5.32 Å². The Morgan fingerprint density at radius 3 is 2.53 bits per heavy atom. The molecule has 1 unspecified atom stereocenters. The monoisotopic (exact) mass is 270 g/mol. The van der Waals surface area contributed by atoms with Crippen LogP contribution in [0, 0.1) is 5.92 Å². The Balaban J connectivity index is 2.53. The minimum absolute atomic E-state index is 0.386. The summed E-state index contributed by atoms with van der Waals surface area (Å²) in [6, 6.07) is 8.64. The summed E-state index contributed by atoms with van der Waals surface area (Å²) in [4.78, 5) is 0. The van der Waals surface area contributed by atoms with Crippen LogP contribution < -0.4 is 11.1 Å². The summed E-state index contributed by atoms with van der Waals surface area (Å²) in [6.45, 7) is 5.92. The van der Waals surface area contributed by atoms with E-state index in [2.05, 4.69) is 53.3 Å². The van der Waals surface area contributed by atoms with Crippen molar-refractivity contribution < 1.29 is 0 Å². The molecule has 0 bridgehead atoms. The van der Waals surface area contributed by atoms with E-state index in [0.29, 0.717) is 18.5 Å². The lowest BCUT2D eigenvalue weighted by Crippen LogP contribution is -2.39. The van der Waals surface area contributed by atoms with Gasteiger partial charge in [0.05, 0.1) is 0 Å². The molecule has 0 aliphatic carbocycles. The van der Waals surface area contributed by atoms with Crippen molar-refractivity contribution in [3.05, 3.63) is 34.3 Å². The number of rotatable bonds is 5. The third kappa shape index (κ3) is 3.93. The Morgan fingerprint density at radius 2 is 2.00 bits per heavy atom. The van der Waals surface area contributed by atoms with Gasteiger partial charge in [-0.1, -0.05) is 48.0 Å². The summed E-state index contributed by atoms with van der Waals surface area (Å²) >= 11 is 3.53. The van der Waals surface area contributed by atoms with Crippen LogP contribution in [0.2, 0.25) is 0 Å². The first-order valence-electron chi connectivity index (χ1n) is 5.32. The van der Waals surface area contributed by atoms with Crippen molar-refractivity contribution in [3.8, 4) is 0 Å². The molecular weight excluding hydrogens is 252 g/mol. The first kappa shape index (κ1) is 12.7. The van der Waals surface area contributed by atoms with Crippen LogP contribution in [-0.4, -0.2) is 12.6 Å². The van der Waals surface area contributed by atoms with Gasteiger partial charge in [-0.3, -0.25) is 0 Å². The lowest BCUT2D eigenvalue weighted by Gasteiger charge is -2.20. The molecule has 0 amide bonds. The molecule has 0 radical (unpaired) electrons. The van der Waals surface area contributed by atoms with E-state index in [1.807, 2.05) is 6.07 Å². The number of benzene rings is 1. The summed E-state index contributed by atoms with van der Waals surface area (Å²) in [5, 5.41) is 3.47. The van der Waals surface area contributed by atoms with Crippen molar-refractivity contribution >= 4 is 15.9 Å². The second kappa shape index (κ2) is 6.26. The zero-order valence-corrected chi connectivity index (χ0v) is 10.9. The highest BCUT2D eigenvalue weighted by atomic mass is 79.9. The molecule has 0 heterocycles. The van der Waals surface area contributed by atoms with Gasteiger partial charge in [0.1, 0.15) is 0 Å². The summed E-state index contributed by atoms with van der Waals surface area (Å²) in [5.74, 6) is 0.567. The third-order valence-corrected chi connectivity index (χ3v) is 3.34. The van der Waals surface area contributed by atoms with Gasteiger partial charge in [-0.25, -0.2) is 0 Å². The molecule has 1 aromatic carbocycles. The summed E-state index contributed by atoms with van der Waals surface area (Å²) in [7, 11) is 0. The first-order chi connectivity index (χ1) is 7.15. The van der Waals surface area contributed by atoms with Crippen molar-refractivity contribution in [1.29, 1.82) is 0 Å². The predicted molar refractivity (Wildman–Crippen MR) is 68.7 cm³/mol. The Labute approximate surface area is 100 Å². The second-order valence-corrected chi connectivity index (χ2v) is 4.91. The summed E-state index contributed by atoms with van der Waals surface area (Å²) in [6.07, 6.45) is 0. The average Bonchev–Trinajstić information content (AvgIpc) is 2.21. The maximum atomic E-state index is 5.70. The van der Waals surface area contributed by atoms with E-state index in [9.17, 15) is 0 Å². The van der Waals surface area contributed by atoms with Crippen LogP contribution >= 0.6 is 15.9 Å². The molecule has 1 rings (SSSR count). The second-order valence-electron chi connectivity index (χ2n) is 4.06. The molecule has 0 aliphatic rings. The van der Waals surface area contributed by atoms with Crippen molar-refractivity contribution in [2.45, 2.75) is 26.4 Å². The van der Waals surface area contributed by atoms with Gasteiger partial charge in [0, 0.05) is 23.6 Å². The highest BCUT2D eigenvalue weighted by Gasteiger charge is 2.10. The summed E-state index contributed by atoms with van der Waals surface area (Å²) in [5.41, 5.74) is 6.98. The average molecular weight is 271 g/mol. The predicted octanol–water partition coefficient (Wildman–Crippen LogP) is 2.52. The highest BCUT2D eigenvalue weighted by Crippen LogP contribution is 2.15. The molecule has 84 valence electrons. The SMILES string of the molecule is CC(C)C(CN)NCc1ccccc1Br. The van der Waals surface area contributed by atoms with E-state index in [-0.39, 0.29) is 0 Å². The standard InChI is InChI=1S/C12H19BrN2/c1-9(2)12(7-14)15-8-10-5-3-4-6-11(10)13/h3-6,9,12,15H,7-8,14H2,1-2H3. The molecule has 0 spiro atoms. The van der Waals surface area contributed by atoms with E-state index in [4.69, 9.17) is 5.73 Å². The van der Waals surface area contributed by atoms with Gasteiger partial charge in [-0.15, -0.1) is 0 Å². The van der Waals surface area contributed by atoms with Crippen LogP contribution in [0.4, 0.5) is 0 Å². The molecule has 1 atom stereocenters. The van der Waals surface area contributed by atoms with E-state index in [1.54, 1.807) is 0 Å². The van der Waals surface area contributed by atoms with Crippen molar-refractivity contribution in [2.75, 3.05) is 6.54 Å². The Morgan fingerprint density at radius 1 is 1.33 bits per heavy atom. The first-order valence-corrected chi connectivity index (χ1v) is 6.11. The van der Waals surface area contributed by atoms with Gasteiger partial charge < -0.3 is 11.1 Å². The zero-order valence-electron chi connectivity index (χ0n) is 9.33. The highest BCUT2D eigenvalue weighted by molar-refractivity contribution is 9.10. The van der Waals surface area contributed by atoms with Crippen molar-refractivity contribution in [3.63, 3.8) is 0 Å². The number of halogens is 1. The maximum Gasteiger partial charge on any atom is 0.0220 e. The molecule has 0 saturated heterocycles. The normalized spacial score (nSPS) is 13.1. The lowest BCUT2D eigenvalue weighted by atomic mass is 10.0. The molecule has 3 heteroatoms. The van der Waals surface area contributed by atoms with E-state index < -0.39 is 0 Å². The van der Waals surface area contributed by atoms with Gasteiger partial charge in [0.2, 0.25) is 0 Å². The molecule has 0 aliphatic heterocycles. The third-order valence-electron chi connectivity index (χ3n) is 2.57. The van der Waals surface area contributed by atoms with E-state index >= 15 is 0 Å². The quantitative estimate of drug-likeness (QED) is 0.863. The molecule has 2 nitrogen and oxygen atoms in total. The number of hydrogen-bond acceptors (Lipinski definition) is 2. The number of nitrogens with two attached hydrogens (primary N) is 1. The van der Waals surface area contributed by atoms with Gasteiger partial charge in [-0.2, -0.15) is 0 Å². The van der Waals surface area contributed by atoms with Crippen LogP contribution in [0.3, 0.4) is 0 Å². The van der Waals surface area contributed by atoms with Crippen LogP contribution in [-0.2, 0) is 6.54 Å². The van der Waals surface area contributed by atoms with Gasteiger partial charge in [-0.05, 0) is 17.5 Å². The fraction of sp³-hybridized carbons (Fsp3) is 0.500. The molecule has 0 saturated carbocycles. The van der Waals surface area contributed by atoms with Crippen LogP contribution in [0.5, 0.6) is 0 Å². The smallest absolute Gasteiger partial charge is 0.0220 e. The minimum atomic E-state index is 0.386. The number of nitrogens with one attached hydrogen (secondary N) is 1. The Bertz CT molecular complexity index is 299. The largest absolute Gasteiger partial charge is 0.329 e. The van der Waals surface area contributed by atoms with Crippen LogP contribution in [0.1, 0.15) is 19.4 Å². The zero-order chi connectivity index (χ0) is 11.3. The molecule has 0 aromatic heterocycles. The van der Waals surface area contributed by atoms with Gasteiger partial charge >= 0.3 is 0 Å². The Kier molecular flexibility index (Phi) is 5.29. The fourth-order valence-corrected chi connectivity index (χ4v) is 1.90. The molecule has 3 N–H and O–H groups in total. The molecule has 1 aromatic rings. The number of hydrogen-bond donors (Lipinski definition) is 2. The van der Waals surface area contributed by atoms with E-state index in [0.717, 1.165) is 11.0 Å². The Hall–Kier alpha value is -0.380. The van der Waals surface area contributed by atoms with Gasteiger partial charge in [0.25, 0.3) is 0 Å². The molecule has 0 fully saturated rings. The molecular formula is C12H19BrN2. The topological polar surface area (TPSA) is 38.0 Å². The van der Waals surface area contributed by atoms with Crippen LogP contribution in [0.15, 0.2) is 28.7 Å². The maximum absolute atomic E-state index is 5.70. The van der Waals surface area contributed by atoms with E-state index in [1.165, 1.54) is 5.56 Å².